The van der Waals surface area contributed by atoms with Gasteiger partial charge in [0.2, 0.25) is 15.9 Å². The van der Waals surface area contributed by atoms with E-state index in [2.05, 4.69) is 15.4 Å². The summed E-state index contributed by atoms with van der Waals surface area (Å²) in [6, 6.07) is 6.76. The minimum Gasteiger partial charge on any atom is -0.325 e. The van der Waals surface area contributed by atoms with Crippen LogP contribution in [0.3, 0.4) is 0 Å². The molecule has 1 aliphatic rings. The highest BCUT2D eigenvalue weighted by atomic mass is 32.2. The molecule has 0 bridgehead atoms. The number of hydrogen-bond acceptors (Lipinski definition) is 5. The van der Waals surface area contributed by atoms with Crippen molar-refractivity contribution < 1.29 is 13.2 Å². The molecule has 9 heteroatoms. The number of aromatic nitrogens is 3. The smallest absolute Gasteiger partial charge is 0.242 e. The number of amides is 1. The van der Waals surface area contributed by atoms with E-state index in [1.807, 2.05) is 12.1 Å². The highest BCUT2D eigenvalue weighted by Gasteiger charge is 2.34. The lowest BCUT2D eigenvalue weighted by Crippen LogP contribution is -2.49. The summed E-state index contributed by atoms with van der Waals surface area (Å²) in [7, 11) is -3.39. The first kappa shape index (κ1) is 17.6. The highest BCUT2D eigenvalue weighted by Crippen LogP contribution is 2.21. The molecule has 3 rings (SSSR count). The van der Waals surface area contributed by atoms with Crippen LogP contribution in [0.5, 0.6) is 0 Å². The third-order valence-electron chi connectivity index (χ3n) is 4.21. The number of rotatable bonds is 5. The van der Waals surface area contributed by atoms with Gasteiger partial charge in [-0.1, -0.05) is 18.6 Å². The van der Waals surface area contributed by atoms with Gasteiger partial charge in [-0.05, 0) is 30.5 Å². The second kappa shape index (κ2) is 7.32. The third kappa shape index (κ3) is 4.43. The average Bonchev–Trinajstić information content (AvgIpc) is 3.09. The Morgan fingerprint density at radius 2 is 2.04 bits per heavy atom. The van der Waals surface area contributed by atoms with E-state index in [0.29, 0.717) is 25.2 Å². The first-order valence-electron chi connectivity index (χ1n) is 8.12. The summed E-state index contributed by atoms with van der Waals surface area (Å²) in [5, 5.41) is 6.87. The van der Waals surface area contributed by atoms with E-state index in [1.54, 1.807) is 23.1 Å². The van der Waals surface area contributed by atoms with Crippen molar-refractivity contribution in [2.75, 3.05) is 18.1 Å². The van der Waals surface area contributed by atoms with Gasteiger partial charge in [0.25, 0.3) is 0 Å². The number of nitrogens with one attached hydrogen (secondary N) is 1. The number of sulfonamides is 1. The molecule has 1 atom stereocenters. The molecule has 2 heterocycles. The molecular weight excluding hydrogens is 342 g/mol. The average molecular weight is 363 g/mol. The zero-order chi connectivity index (χ0) is 17.9. The van der Waals surface area contributed by atoms with Gasteiger partial charge in [0.15, 0.2) is 0 Å². The van der Waals surface area contributed by atoms with Crippen molar-refractivity contribution in [2.45, 2.75) is 31.8 Å². The Balaban J connectivity index is 1.65. The summed E-state index contributed by atoms with van der Waals surface area (Å²) in [5.74, 6) is -0.283. The molecule has 1 aliphatic heterocycles. The molecule has 0 radical (unpaired) electrons. The molecule has 1 fully saturated rings. The third-order valence-corrected chi connectivity index (χ3v) is 5.50. The van der Waals surface area contributed by atoms with E-state index < -0.39 is 16.1 Å². The fourth-order valence-corrected chi connectivity index (χ4v) is 4.11. The summed E-state index contributed by atoms with van der Waals surface area (Å²) in [5.41, 5.74) is 1.67. The molecule has 1 unspecified atom stereocenters. The second-order valence-corrected chi connectivity index (χ2v) is 8.10. The minimum atomic E-state index is -3.39. The Kier molecular flexibility index (Phi) is 5.14. The predicted octanol–water partition coefficient (Wildman–Crippen LogP) is 1.08. The molecule has 1 N–H and O–H groups in total. The number of anilines is 1. The summed E-state index contributed by atoms with van der Waals surface area (Å²) in [4.78, 5) is 16.4. The van der Waals surface area contributed by atoms with Gasteiger partial charge in [-0.15, -0.1) is 0 Å². The number of piperidine rings is 1. The van der Waals surface area contributed by atoms with Crippen molar-refractivity contribution in [3.05, 3.63) is 42.5 Å². The molecule has 2 aromatic rings. The van der Waals surface area contributed by atoms with E-state index in [1.165, 1.54) is 10.6 Å². The van der Waals surface area contributed by atoms with Gasteiger partial charge in [-0.25, -0.2) is 18.1 Å². The van der Waals surface area contributed by atoms with E-state index >= 15 is 0 Å². The van der Waals surface area contributed by atoms with Crippen LogP contribution in [-0.4, -0.2) is 52.2 Å². The Labute approximate surface area is 146 Å². The topological polar surface area (TPSA) is 97.2 Å². The molecule has 1 saturated heterocycles. The van der Waals surface area contributed by atoms with Crippen LogP contribution in [-0.2, 0) is 21.4 Å². The quantitative estimate of drug-likeness (QED) is 0.857. The molecule has 0 aliphatic carbocycles. The van der Waals surface area contributed by atoms with Gasteiger partial charge >= 0.3 is 0 Å². The van der Waals surface area contributed by atoms with Gasteiger partial charge in [0, 0.05) is 12.2 Å². The van der Waals surface area contributed by atoms with Crippen LogP contribution in [0.25, 0.3) is 0 Å². The van der Waals surface area contributed by atoms with Gasteiger partial charge in [0.05, 0.1) is 12.8 Å². The van der Waals surface area contributed by atoms with Crippen molar-refractivity contribution >= 4 is 21.6 Å². The van der Waals surface area contributed by atoms with Crippen LogP contribution >= 0.6 is 0 Å². The molecule has 1 aromatic carbocycles. The summed E-state index contributed by atoms with van der Waals surface area (Å²) in [6.07, 6.45) is 6.44. The first-order valence-corrected chi connectivity index (χ1v) is 9.97. The van der Waals surface area contributed by atoms with Crippen LogP contribution in [0.4, 0.5) is 5.69 Å². The number of carbonyl (C=O) groups excluding carboxylic acids is 1. The first-order chi connectivity index (χ1) is 11.9. The van der Waals surface area contributed by atoms with Crippen LogP contribution in [0.1, 0.15) is 24.8 Å². The molecule has 8 nitrogen and oxygen atoms in total. The summed E-state index contributed by atoms with van der Waals surface area (Å²) < 4.78 is 26.8. The van der Waals surface area contributed by atoms with Crippen LogP contribution < -0.4 is 5.32 Å². The van der Waals surface area contributed by atoms with Gasteiger partial charge < -0.3 is 5.32 Å². The minimum absolute atomic E-state index is 0.283. The monoisotopic (exact) mass is 363 g/mol. The Bertz CT molecular complexity index is 818. The number of carbonyl (C=O) groups is 1. The van der Waals surface area contributed by atoms with Crippen molar-refractivity contribution in [2.24, 2.45) is 0 Å². The van der Waals surface area contributed by atoms with Crippen molar-refractivity contribution in [3.8, 4) is 0 Å². The normalized spacial score (nSPS) is 18.8. The van der Waals surface area contributed by atoms with E-state index in [9.17, 15) is 13.2 Å². The lowest BCUT2D eigenvalue weighted by atomic mass is 10.0. The fourth-order valence-electron chi connectivity index (χ4n) is 2.98. The number of benzene rings is 1. The maximum absolute atomic E-state index is 12.5. The van der Waals surface area contributed by atoms with Crippen molar-refractivity contribution in [3.63, 3.8) is 0 Å². The standard InChI is InChI=1S/C16H21N5O3S/c1-25(23,24)21-9-3-2-4-15(21)16(22)19-14-7-5-13(6-8-14)10-20-12-17-11-18-20/h5-8,11-12,15H,2-4,9-10H2,1H3,(H,19,22). The predicted molar refractivity (Wildman–Crippen MR) is 93.4 cm³/mol. The molecule has 0 saturated carbocycles. The Morgan fingerprint density at radius 1 is 1.28 bits per heavy atom. The maximum atomic E-state index is 12.5. The van der Waals surface area contributed by atoms with Crippen LogP contribution in [0.15, 0.2) is 36.9 Å². The zero-order valence-corrected chi connectivity index (χ0v) is 14.8. The summed E-state index contributed by atoms with van der Waals surface area (Å²) >= 11 is 0. The van der Waals surface area contributed by atoms with Gasteiger partial charge in [-0.2, -0.15) is 9.40 Å². The highest BCUT2D eigenvalue weighted by molar-refractivity contribution is 7.88. The molecule has 1 aromatic heterocycles. The Hall–Kier alpha value is -2.26. The van der Waals surface area contributed by atoms with Crippen LogP contribution in [0.2, 0.25) is 0 Å². The van der Waals surface area contributed by atoms with Crippen LogP contribution in [0, 0.1) is 0 Å². The second-order valence-electron chi connectivity index (χ2n) is 6.16. The van der Waals surface area contributed by atoms with Crippen molar-refractivity contribution in [1.29, 1.82) is 0 Å². The van der Waals surface area contributed by atoms with Gasteiger partial charge in [0.1, 0.15) is 18.7 Å². The fraction of sp³-hybridized carbons (Fsp3) is 0.438. The molecule has 25 heavy (non-hydrogen) atoms. The SMILES string of the molecule is CS(=O)(=O)N1CCCCC1C(=O)Nc1ccc(Cn2cncn2)cc1. The van der Waals surface area contributed by atoms with Gasteiger partial charge in [-0.3, -0.25) is 4.79 Å². The number of hydrogen-bond donors (Lipinski definition) is 1. The number of nitrogens with zero attached hydrogens (tertiary/aromatic N) is 4. The lowest BCUT2D eigenvalue weighted by molar-refractivity contribution is -0.120. The largest absolute Gasteiger partial charge is 0.325 e. The maximum Gasteiger partial charge on any atom is 0.242 e. The van der Waals surface area contributed by atoms with E-state index in [0.717, 1.165) is 24.7 Å². The molecule has 134 valence electrons. The Morgan fingerprint density at radius 3 is 2.68 bits per heavy atom. The molecule has 1 amide bonds. The zero-order valence-electron chi connectivity index (χ0n) is 14.0. The lowest BCUT2D eigenvalue weighted by Gasteiger charge is -2.32. The van der Waals surface area contributed by atoms with E-state index in [4.69, 9.17) is 0 Å². The molecule has 0 spiro atoms. The molecular formula is C16H21N5O3S. The van der Waals surface area contributed by atoms with Crippen molar-refractivity contribution in [1.82, 2.24) is 19.1 Å². The van der Waals surface area contributed by atoms with E-state index in [-0.39, 0.29) is 5.91 Å². The summed E-state index contributed by atoms with van der Waals surface area (Å²) in [6.45, 7) is 0.993.